The second kappa shape index (κ2) is 17.0. The lowest BCUT2D eigenvalue weighted by Crippen LogP contribution is -2.47. The number of nitrogens with one attached hydrogen (secondary N) is 2. The van der Waals surface area contributed by atoms with E-state index in [1.165, 1.54) is 32.1 Å². The van der Waals surface area contributed by atoms with Crippen LogP contribution in [0, 0.1) is 0 Å². The Balaban J connectivity index is 1.59. The highest BCUT2D eigenvalue weighted by Crippen LogP contribution is 2.19. The van der Waals surface area contributed by atoms with Crippen molar-refractivity contribution in [3.8, 4) is 5.75 Å². The predicted octanol–water partition coefficient (Wildman–Crippen LogP) is 6.36. The minimum Gasteiger partial charge on any atom is -0.508 e. The number of aromatic hydroxyl groups is 1. The number of carbonyl (C=O) groups is 2. The third-order valence-electron chi connectivity index (χ3n) is 7.29. The molecule has 3 aromatic rings. The number of nitrogen functional groups attached to an aromatic ring is 1. The van der Waals surface area contributed by atoms with E-state index in [0.717, 1.165) is 36.0 Å². The van der Waals surface area contributed by atoms with E-state index in [0.29, 0.717) is 37.1 Å². The molecule has 0 aliphatic heterocycles. The molecule has 6 heteroatoms. The van der Waals surface area contributed by atoms with Crippen LogP contribution in [0.1, 0.15) is 85.3 Å². The highest BCUT2D eigenvalue weighted by molar-refractivity contribution is 5.98. The van der Waals surface area contributed by atoms with Gasteiger partial charge < -0.3 is 21.5 Å². The van der Waals surface area contributed by atoms with Gasteiger partial charge in [-0.3, -0.25) is 9.59 Å². The molecule has 0 radical (unpaired) electrons. The first-order chi connectivity index (χ1) is 19.5. The molecule has 40 heavy (non-hydrogen) atoms. The molecule has 0 bridgehead atoms. The number of rotatable bonds is 17. The SMILES string of the molecule is CCCCCCCCCNC(=O)[C@H](CCc1ccccc1)NC(=O)c1ccc(N)c(CCc2ccc(O)cc2)c1. The summed E-state index contributed by atoms with van der Waals surface area (Å²) in [5, 5.41) is 15.5. The summed E-state index contributed by atoms with van der Waals surface area (Å²) in [5.74, 6) is -0.191. The monoisotopic (exact) mass is 543 g/mol. The number of phenols is 1. The topological polar surface area (TPSA) is 104 Å². The zero-order chi connectivity index (χ0) is 28.6. The van der Waals surface area contributed by atoms with Crippen LogP contribution >= 0.6 is 0 Å². The van der Waals surface area contributed by atoms with Crippen LogP contribution in [0.25, 0.3) is 0 Å². The lowest BCUT2D eigenvalue weighted by molar-refractivity contribution is -0.123. The molecular weight excluding hydrogens is 498 g/mol. The maximum atomic E-state index is 13.3. The molecule has 0 fully saturated rings. The molecule has 0 aromatic heterocycles. The lowest BCUT2D eigenvalue weighted by Gasteiger charge is -2.19. The molecular formula is C34H45N3O3. The van der Waals surface area contributed by atoms with Crippen molar-refractivity contribution < 1.29 is 14.7 Å². The summed E-state index contributed by atoms with van der Waals surface area (Å²) in [5.41, 5.74) is 10.4. The van der Waals surface area contributed by atoms with Gasteiger partial charge in [0.25, 0.3) is 5.91 Å². The molecule has 0 spiro atoms. The van der Waals surface area contributed by atoms with Crippen molar-refractivity contribution in [3.05, 3.63) is 95.1 Å². The van der Waals surface area contributed by atoms with E-state index in [1.807, 2.05) is 48.5 Å². The van der Waals surface area contributed by atoms with Crippen LogP contribution in [-0.2, 0) is 24.1 Å². The van der Waals surface area contributed by atoms with E-state index in [2.05, 4.69) is 17.6 Å². The Morgan fingerprint density at radius 1 is 0.800 bits per heavy atom. The van der Waals surface area contributed by atoms with Crippen LogP contribution in [0.15, 0.2) is 72.8 Å². The smallest absolute Gasteiger partial charge is 0.251 e. The van der Waals surface area contributed by atoms with Gasteiger partial charge in [-0.25, -0.2) is 0 Å². The average Bonchev–Trinajstić information content (AvgIpc) is 2.97. The molecule has 0 saturated carbocycles. The van der Waals surface area contributed by atoms with Crippen molar-refractivity contribution in [3.63, 3.8) is 0 Å². The Morgan fingerprint density at radius 3 is 2.20 bits per heavy atom. The highest BCUT2D eigenvalue weighted by atomic mass is 16.3. The number of unbranched alkanes of at least 4 members (excludes halogenated alkanes) is 6. The van der Waals surface area contributed by atoms with Gasteiger partial charge in [-0.15, -0.1) is 0 Å². The first-order valence-corrected chi connectivity index (χ1v) is 14.7. The molecule has 2 amide bonds. The highest BCUT2D eigenvalue weighted by Gasteiger charge is 2.21. The maximum absolute atomic E-state index is 13.3. The Kier molecular flexibility index (Phi) is 13.1. The largest absolute Gasteiger partial charge is 0.508 e. The molecule has 5 N–H and O–H groups in total. The number of anilines is 1. The molecule has 1 atom stereocenters. The second-order valence-electron chi connectivity index (χ2n) is 10.5. The van der Waals surface area contributed by atoms with Crippen LogP contribution in [0.2, 0.25) is 0 Å². The molecule has 6 nitrogen and oxygen atoms in total. The van der Waals surface area contributed by atoms with Gasteiger partial charge in [-0.05, 0) is 79.1 Å². The number of nitrogens with two attached hydrogens (primary N) is 1. The van der Waals surface area contributed by atoms with E-state index in [1.54, 1.807) is 24.3 Å². The molecule has 214 valence electrons. The number of benzene rings is 3. The van der Waals surface area contributed by atoms with Crippen LogP contribution in [0.4, 0.5) is 5.69 Å². The van der Waals surface area contributed by atoms with E-state index >= 15 is 0 Å². The van der Waals surface area contributed by atoms with Gasteiger partial charge in [0.2, 0.25) is 5.91 Å². The standard InChI is InChI=1S/C34H45N3O3/c1-2-3-4-5-6-7-11-24-36-34(40)32(23-17-26-12-9-8-10-13-26)37-33(39)29-19-22-31(35)28(25-29)18-14-27-15-20-30(38)21-16-27/h8-10,12-13,15-16,19-22,25,32,38H,2-7,11,14,17-18,23-24,35H2,1H3,(H,36,40)(H,37,39)/t32-/m0/s1. The zero-order valence-electron chi connectivity index (χ0n) is 23.8. The molecule has 0 unspecified atom stereocenters. The van der Waals surface area contributed by atoms with Gasteiger partial charge in [0, 0.05) is 17.8 Å². The summed E-state index contributed by atoms with van der Waals surface area (Å²) in [6.07, 6.45) is 10.9. The predicted molar refractivity (Wildman–Crippen MR) is 163 cm³/mol. The zero-order valence-corrected chi connectivity index (χ0v) is 23.8. The third-order valence-corrected chi connectivity index (χ3v) is 7.29. The number of hydrogen-bond donors (Lipinski definition) is 4. The Bertz CT molecular complexity index is 1180. The summed E-state index contributed by atoms with van der Waals surface area (Å²) >= 11 is 0. The summed E-state index contributed by atoms with van der Waals surface area (Å²) in [7, 11) is 0. The Labute approximate surface area is 239 Å². The van der Waals surface area contributed by atoms with Crippen molar-refractivity contribution in [2.45, 2.75) is 83.6 Å². The quantitative estimate of drug-likeness (QED) is 0.117. The summed E-state index contributed by atoms with van der Waals surface area (Å²) in [6.45, 7) is 2.84. The Morgan fingerprint density at radius 2 is 1.48 bits per heavy atom. The van der Waals surface area contributed by atoms with Crippen molar-refractivity contribution in [1.29, 1.82) is 0 Å². The second-order valence-corrected chi connectivity index (χ2v) is 10.5. The first-order valence-electron chi connectivity index (χ1n) is 14.7. The van der Waals surface area contributed by atoms with E-state index in [9.17, 15) is 14.7 Å². The lowest BCUT2D eigenvalue weighted by atomic mass is 10.00. The van der Waals surface area contributed by atoms with Gasteiger partial charge in [0.1, 0.15) is 11.8 Å². The van der Waals surface area contributed by atoms with Gasteiger partial charge in [-0.2, -0.15) is 0 Å². The molecule has 0 aliphatic rings. The average molecular weight is 544 g/mol. The number of amides is 2. The van der Waals surface area contributed by atoms with Gasteiger partial charge >= 0.3 is 0 Å². The fraction of sp³-hybridized carbons (Fsp3) is 0.412. The normalized spacial score (nSPS) is 11.6. The van der Waals surface area contributed by atoms with Gasteiger partial charge in [0.15, 0.2) is 0 Å². The minimum atomic E-state index is -0.629. The van der Waals surface area contributed by atoms with Crippen LogP contribution in [-0.4, -0.2) is 29.5 Å². The van der Waals surface area contributed by atoms with Gasteiger partial charge in [-0.1, -0.05) is 87.9 Å². The van der Waals surface area contributed by atoms with Crippen LogP contribution in [0.3, 0.4) is 0 Å². The molecule has 3 aromatic carbocycles. The van der Waals surface area contributed by atoms with Gasteiger partial charge in [0.05, 0.1) is 0 Å². The summed E-state index contributed by atoms with van der Waals surface area (Å²) in [4.78, 5) is 26.4. The number of hydrogen-bond acceptors (Lipinski definition) is 4. The van der Waals surface area contributed by atoms with Crippen LogP contribution < -0.4 is 16.4 Å². The minimum absolute atomic E-state index is 0.140. The molecule has 0 saturated heterocycles. The van der Waals surface area contributed by atoms with Crippen molar-refractivity contribution >= 4 is 17.5 Å². The van der Waals surface area contributed by atoms with E-state index in [-0.39, 0.29) is 17.6 Å². The number of carbonyl (C=O) groups excluding carboxylic acids is 2. The van der Waals surface area contributed by atoms with E-state index in [4.69, 9.17) is 5.73 Å². The van der Waals surface area contributed by atoms with Crippen molar-refractivity contribution in [1.82, 2.24) is 10.6 Å². The van der Waals surface area contributed by atoms with Crippen molar-refractivity contribution in [2.75, 3.05) is 12.3 Å². The number of aryl methyl sites for hydroxylation is 3. The maximum Gasteiger partial charge on any atom is 0.251 e. The fourth-order valence-electron chi connectivity index (χ4n) is 4.79. The number of phenolic OH excluding ortho intramolecular Hbond substituents is 1. The molecule has 0 aliphatic carbocycles. The first kappa shape index (κ1) is 30.7. The van der Waals surface area contributed by atoms with Crippen LogP contribution in [0.5, 0.6) is 5.75 Å². The Hall–Kier alpha value is -3.80. The van der Waals surface area contributed by atoms with E-state index < -0.39 is 6.04 Å². The molecule has 3 rings (SSSR count). The third kappa shape index (κ3) is 10.8. The van der Waals surface area contributed by atoms with Crippen molar-refractivity contribution in [2.24, 2.45) is 0 Å². The summed E-state index contributed by atoms with van der Waals surface area (Å²) < 4.78 is 0. The fourth-order valence-corrected chi connectivity index (χ4v) is 4.79. The molecule has 0 heterocycles. The summed E-state index contributed by atoms with van der Waals surface area (Å²) in [6, 6.07) is 21.7.